The molecule has 1 aliphatic heterocycles. The molecule has 1 unspecified atom stereocenters. The summed E-state index contributed by atoms with van der Waals surface area (Å²) >= 11 is 1.17. The van der Waals surface area contributed by atoms with Crippen LogP contribution in [0.2, 0.25) is 0 Å². The molecule has 1 fully saturated rings. The van der Waals surface area contributed by atoms with Crippen LogP contribution in [-0.2, 0) is 10.9 Å². The van der Waals surface area contributed by atoms with Crippen molar-refractivity contribution in [3.63, 3.8) is 0 Å². The molecule has 1 aromatic heterocycles. The fraction of sp³-hybridized carbons (Fsp3) is 0.474. The number of carbonyl (C=O) groups is 1. The quantitative estimate of drug-likeness (QED) is 0.722. The highest BCUT2D eigenvalue weighted by Gasteiger charge is 2.31. The molecule has 0 radical (unpaired) electrons. The van der Waals surface area contributed by atoms with Gasteiger partial charge in [0.15, 0.2) is 0 Å². The van der Waals surface area contributed by atoms with Gasteiger partial charge in [0.1, 0.15) is 10.7 Å². The van der Waals surface area contributed by atoms with Crippen molar-refractivity contribution < 1.29 is 22.7 Å². The minimum atomic E-state index is -4.41. The number of hydrogen-bond acceptors (Lipinski definition) is 4. The molecular formula is C19H21F3N2O2S. The number of likely N-dealkylation sites (tertiary alicyclic amines) is 1. The van der Waals surface area contributed by atoms with E-state index in [0.29, 0.717) is 30.3 Å². The van der Waals surface area contributed by atoms with Crippen molar-refractivity contribution in [2.75, 3.05) is 19.7 Å². The third-order valence-corrected chi connectivity index (χ3v) is 5.27. The van der Waals surface area contributed by atoms with Gasteiger partial charge in [-0.3, -0.25) is 4.79 Å². The number of nitrogens with zero attached hydrogens (tertiary/aromatic N) is 2. The number of carbonyl (C=O) groups excluding carboxylic acids is 1. The zero-order chi connectivity index (χ0) is 19.4. The number of hydrogen-bond donors (Lipinski definition) is 0. The van der Waals surface area contributed by atoms with E-state index < -0.39 is 11.7 Å². The smallest absolute Gasteiger partial charge is 0.376 e. The summed E-state index contributed by atoms with van der Waals surface area (Å²) in [4.78, 5) is 18.7. The number of thiazole rings is 1. The van der Waals surface area contributed by atoms with Crippen molar-refractivity contribution >= 4 is 17.2 Å². The largest absolute Gasteiger partial charge is 0.416 e. The van der Waals surface area contributed by atoms with E-state index in [-0.39, 0.29) is 17.7 Å². The van der Waals surface area contributed by atoms with E-state index in [0.717, 1.165) is 31.4 Å². The number of alkyl halides is 3. The monoisotopic (exact) mass is 398 g/mol. The van der Waals surface area contributed by atoms with Gasteiger partial charge in [0.05, 0.1) is 11.7 Å². The third kappa shape index (κ3) is 4.87. The van der Waals surface area contributed by atoms with Gasteiger partial charge >= 0.3 is 6.18 Å². The number of piperidine rings is 1. The predicted octanol–water partition coefficient (Wildman–Crippen LogP) is 4.86. The molecule has 27 heavy (non-hydrogen) atoms. The molecule has 4 nitrogen and oxygen atoms in total. The maximum atomic E-state index is 12.9. The van der Waals surface area contributed by atoms with Crippen LogP contribution in [0.25, 0.3) is 10.6 Å². The number of ether oxygens (including phenoxy) is 1. The first-order chi connectivity index (χ1) is 12.9. The highest BCUT2D eigenvalue weighted by Crippen LogP contribution is 2.33. The molecule has 0 spiro atoms. The molecule has 0 bridgehead atoms. The van der Waals surface area contributed by atoms with E-state index in [2.05, 4.69) is 4.98 Å². The Kier molecular flexibility index (Phi) is 6.16. The zero-order valence-corrected chi connectivity index (χ0v) is 15.8. The van der Waals surface area contributed by atoms with E-state index in [1.165, 1.54) is 17.4 Å². The molecule has 2 heterocycles. The summed E-state index contributed by atoms with van der Waals surface area (Å²) in [5.74, 6) is -0.200. The highest BCUT2D eigenvalue weighted by atomic mass is 32.1. The van der Waals surface area contributed by atoms with Gasteiger partial charge < -0.3 is 9.64 Å². The lowest BCUT2D eigenvalue weighted by molar-refractivity contribution is -0.137. The summed E-state index contributed by atoms with van der Waals surface area (Å²) < 4.78 is 44.4. The van der Waals surface area contributed by atoms with E-state index in [4.69, 9.17) is 4.74 Å². The lowest BCUT2D eigenvalue weighted by atomic mass is 10.1. The Morgan fingerprint density at radius 1 is 1.41 bits per heavy atom. The first-order valence-electron chi connectivity index (χ1n) is 8.92. The molecule has 1 atom stereocenters. The van der Waals surface area contributed by atoms with Gasteiger partial charge in [-0.1, -0.05) is 19.1 Å². The van der Waals surface area contributed by atoms with Gasteiger partial charge in [-0.2, -0.15) is 13.2 Å². The Labute approximate surface area is 160 Å². The summed E-state index contributed by atoms with van der Waals surface area (Å²) in [6.45, 7) is 3.87. The number of aromatic nitrogens is 1. The van der Waals surface area contributed by atoms with Gasteiger partial charge in [-0.25, -0.2) is 4.98 Å². The molecule has 3 rings (SSSR count). The van der Waals surface area contributed by atoms with Crippen molar-refractivity contribution in [3.05, 3.63) is 40.9 Å². The van der Waals surface area contributed by atoms with Crippen molar-refractivity contribution in [2.45, 2.75) is 38.5 Å². The third-order valence-electron chi connectivity index (χ3n) is 4.38. The minimum Gasteiger partial charge on any atom is -0.376 e. The maximum absolute atomic E-state index is 12.9. The van der Waals surface area contributed by atoms with E-state index >= 15 is 0 Å². The van der Waals surface area contributed by atoms with Gasteiger partial charge in [-0.05, 0) is 31.4 Å². The predicted molar refractivity (Wildman–Crippen MR) is 97.7 cm³/mol. The fourth-order valence-corrected chi connectivity index (χ4v) is 3.83. The molecule has 1 aliphatic rings. The molecule has 0 aliphatic carbocycles. The van der Waals surface area contributed by atoms with Crippen LogP contribution in [0.5, 0.6) is 0 Å². The Balaban J connectivity index is 1.73. The number of amides is 1. The minimum absolute atomic E-state index is 0.0317. The average Bonchev–Trinajstić information content (AvgIpc) is 3.15. The second-order valence-electron chi connectivity index (χ2n) is 6.50. The van der Waals surface area contributed by atoms with Crippen molar-refractivity contribution in [2.24, 2.45) is 0 Å². The summed E-state index contributed by atoms with van der Waals surface area (Å²) in [5, 5.41) is 2.01. The first kappa shape index (κ1) is 19.8. The molecule has 8 heteroatoms. The van der Waals surface area contributed by atoms with Crippen LogP contribution >= 0.6 is 11.3 Å². The summed E-state index contributed by atoms with van der Waals surface area (Å²) in [6.07, 6.45) is -1.66. The van der Waals surface area contributed by atoms with Crippen molar-refractivity contribution in [1.29, 1.82) is 0 Å². The Morgan fingerprint density at radius 2 is 2.22 bits per heavy atom. The molecular weight excluding hydrogens is 377 g/mol. The Hall–Kier alpha value is -1.93. The fourth-order valence-electron chi connectivity index (χ4n) is 3.04. The van der Waals surface area contributed by atoms with Crippen molar-refractivity contribution in [1.82, 2.24) is 9.88 Å². The molecule has 146 valence electrons. The SMILES string of the molecule is CCCOC1CCCN(C(=O)c2csc(-c3cccc(C(F)(F)F)c3)n2)C1. The van der Waals surface area contributed by atoms with Gasteiger partial charge in [-0.15, -0.1) is 11.3 Å². The highest BCUT2D eigenvalue weighted by molar-refractivity contribution is 7.13. The molecule has 0 saturated carbocycles. The summed E-state index contributed by atoms with van der Waals surface area (Å²) in [7, 11) is 0. The first-order valence-corrected chi connectivity index (χ1v) is 9.80. The van der Waals surface area contributed by atoms with Crippen molar-refractivity contribution in [3.8, 4) is 10.6 Å². The van der Waals surface area contributed by atoms with Crippen LogP contribution in [0.1, 0.15) is 42.2 Å². The van der Waals surface area contributed by atoms with Gasteiger partial charge in [0, 0.05) is 30.6 Å². The molecule has 1 aromatic carbocycles. The second-order valence-corrected chi connectivity index (χ2v) is 7.36. The number of rotatable bonds is 5. The zero-order valence-electron chi connectivity index (χ0n) is 15.0. The normalized spacial score (nSPS) is 17.9. The molecule has 2 aromatic rings. The maximum Gasteiger partial charge on any atom is 0.416 e. The Morgan fingerprint density at radius 3 is 2.96 bits per heavy atom. The van der Waals surface area contributed by atoms with E-state index in [9.17, 15) is 18.0 Å². The summed E-state index contributed by atoms with van der Waals surface area (Å²) in [5.41, 5.74) is -0.102. The molecule has 0 N–H and O–H groups in total. The second kappa shape index (κ2) is 8.39. The lowest BCUT2D eigenvalue weighted by Crippen LogP contribution is -2.43. The summed E-state index contributed by atoms with van der Waals surface area (Å²) in [6, 6.07) is 5.00. The van der Waals surface area contributed by atoms with Crippen LogP contribution in [0.15, 0.2) is 29.6 Å². The topological polar surface area (TPSA) is 42.4 Å². The number of halogens is 3. The standard InChI is InChI=1S/C19H21F3N2O2S/c1-2-9-26-15-7-4-8-24(11-15)18(25)16-12-27-17(23-16)13-5-3-6-14(10-13)19(20,21)22/h3,5-6,10,12,15H,2,4,7-9,11H2,1H3. The number of benzene rings is 1. The van der Waals surface area contributed by atoms with Crippen LogP contribution in [0.3, 0.4) is 0 Å². The molecule has 1 amide bonds. The average molecular weight is 398 g/mol. The van der Waals surface area contributed by atoms with Crippen LogP contribution in [0.4, 0.5) is 13.2 Å². The van der Waals surface area contributed by atoms with E-state index in [1.807, 2.05) is 6.92 Å². The van der Waals surface area contributed by atoms with Gasteiger partial charge in [0.25, 0.3) is 5.91 Å². The van der Waals surface area contributed by atoms with Gasteiger partial charge in [0.2, 0.25) is 0 Å². The Bertz CT molecular complexity index is 791. The van der Waals surface area contributed by atoms with E-state index in [1.54, 1.807) is 16.3 Å². The van der Waals surface area contributed by atoms with Crippen LogP contribution in [0, 0.1) is 0 Å². The lowest BCUT2D eigenvalue weighted by Gasteiger charge is -2.32. The van der Waals surface area contributed by atoms with Crippen LogP contribution < -0.4 is 0 Å². The molecule has 1 saturated heterocycles. The van der Waals surface area contributed by atoms with Crippen LogP contribution in [-0.4, -0.2) is 41.6 Å².